The van der Waals surface area contributed by atoms with Crippen molar-refractivity contribution in [3.05, 3.63) is 65.5 Å². The molecule has 1 saturated heterocycles. The van der Waals surface area contributed by atoms with Crippen LogP contribution in [-0.2, 0) is 0 Å². The third-order valence-corrected chi connectivity index (χ3v) is 7.32. The predicted molar refractivity (Wildman–Crippen MR) is 127 cm³/mol. The first-order chi connectivity index (χ1) is 16.4. The molecule has 176 valence electrons. The summed E-state index contributed by atoms with van der Waals surface area (Å²) >= 11 is 1.38. The fourth-order valence-corrected chi connectivity index (χ4v) is 5.40. The van der Waals surface area contributed by atoms with Gasteiger partial charge in [-0.1, -0.05) is 24.3 Å². The van der Waals surface area contributed by atoms with Gasteiger partial charge in [-0.25, -0.2) is 13.8 Å². The van der Waals surface area contributed by atoms with E-state index in [-0.39, 0.29) is 34.9 Å². The van der Waals surface area contributed by atoms with Gasteiger partial charge in [0.2, 0.25) is 0 Å². The number of halogens is 2. The molecule has 4 aromatic rings. The lowest BCUT2D eigenvalue weighted by Gasteiger charge is -2.40. The van der Waals surface area contributed by atoms with Crippen LogP contribution >= 0.6 is 11.3 Å². The first kappa shape index (κ1) is 22.4. The molecule has 3 heterocycles. The van der Waals surface area contributed by atoms with Crippen molar-refractivity contribution in [2.24, 2.45) is 5.92 Å². The van der Waals surface area contributed by atoms with E-state index in [0.717, 1.165) is 27.9 Å². The standard InChI is InChI=1S/C24H24F2N6OS/c1-14-4-3-11-31(19(14)13-27-24-30-18-8-6-16(25)12-20(18)34-24)23(33)17-7-5-15(2)21(26)22(17)32-28-9-10-29-32/h5-10,12,14,19H,3-4,11,13H2,1-2H3,(H,27,30)/t14-,19-/m1/s1. The molecule has 0 bridgehead atoms. The van der Waals surface area contributed by atoms with Crippen LogP contribution in [0.2, 0.25) is 0 Å². The zero-order valence-electron chi connectivity index (χ0n) is 18.8. The van der Waals surface area contributed by atoms with Gasteiger partial charge in [0.25, 0.3) is 5.91 Å². The van der Waals surface area contributed by atoms with Crippen molar-refractivity contribution in [1.29, 1.82) is 0 Å². The minimum absolute atomic E-state index is 0.0631. The summed E-state index contributed by atoms with van der Waals surface area (Å²) in [7, 11) is 0. The average molecular weight is 483 g/mol. The van der Waals surface area contributed by atoms with E-state index >= 15 is 4.39 Å². The number of thiazole rings is 1. The highest BCUT2D eigenvalue weighted by Gasteiger charge is 2.34. The first-order valence-electron chi connectivity index (χ1n) is 11.2. The van der Waals surface area contributed by atoms with Crippen molar-refractivity contribution in [1.82, 2.24) is 24.9 Å². The van der Waals surface area contributed by atoms with Crippen LogP contribution in [0.1, 0.15) is 35.7 Å². The smallest absolute Gasteiger partial charge is 0.256 e. The van der Waals surface area contributed by atoms with Gasteiger partial charge < -0.3 is 10.2 Å². The number of nitrogens with zero attached hydrogens (tertiary/aromatic N) is 5. The van der Waals surface area contributed by atoms with Gasteiger partial charge in [-0.05, 0) is 55.5 Å². The Morgan fingerprint density at radius 1 is 1.21 bits per heavy atom. The topological polar surface area (TPSA) is 75.9 Å². The monoisotopic (exact) mass is 482 g/mol. The van der Waals surface area contributed by atoms with Crippen molar-refractivity contribution < 1.29 is 13.6 Å². The number of hydrogen-bond acceptors (Lipinski definition) is 6. The number of likely N-dealkylation sites (tertiary alicyclic amines) is 1. The third kappa shape index (κ3) is 4.13. The Bertz CT molecular complexity index is 1340. The molecule has 1 aliphatic heterocycles. The van der Waals surface area contributed by atoms with E-state index < -0.39 is 5.82 Å². The number of anilines is 1. The maximum absolute atomic E-state index is 15.1. The van der Waals surface area contributed by atoms with Gasteiger partial charge in [0, 0.05) is 13.1 Å². The Hall–Kier alpha value is -3.40. The summed E-state index contributed by atoms with van der Waals surface area (Å²) < 4.78 is 29.4. The van der Waals surface area contributed by atoms with Crippen molar-refractivity contribution in [2.75, 3.05) is 18.4 Å². The Morgan fingerprint density at radius 3 is 2.79 bits per heavy atom. The van der Waals surface area contributed by atoms with E-state index in [1.165, 1.54) is 35.9 Å². The van der Waals surface area contributed by atoms with E-state index in [9.17, 15) is 9.18 Å². The van der Waals surface area contributed by atoms with Crippen molar-refractivity contribution in [2.45, 2.75) is 32.7 Å². The SMILES string of the molecule is Cc1ccc(C(=O)N2CCC[C@@H](C)[C@H]2CNc2nc3ccc(F)cc3s2)c(-n2nccn2)c1F. The molecular formula is C24H24F2N6OS. The van der Waals surface area contributed by atoms with Crippen LogP contribution in [0.4, 0.5) is 13.9 Å². The molecule has 34 heavy (non-hydrogen) atoms. The Balaban J connectivity index is 1.43. The molecule has 5 rings (SSSR count). The van der Waals surface area contributed by atoms with Gasteiger partial charge in [-0.2, -0.15) is 10.2 Å². The minimum atomic E-state index is -0.511. The molecule has 2 aromatic heterocycles. The van der Waals surface area contributed by atoms with Crippen molar-refractivity contribution in [3.63, 3.8) is 0 Å². The number of nitrogens with one attached hydrogen (secondary N) is 1. The molecule has 7 nitrogen and oxygen atoms in total. The molecule has 2 aromatic carbocycles. The van der Waals surface area contributed by atoms with Crippen LogP contribution in [0.3, 0.4) is 0 Å². The number of hydrogen-bond donors (Lipinski definition) is 1. The Labute approximate surface area is 199 Å². The molecule has 1 amide bonds. The lowest BCUT2D eigenvalue weighted by atomic mass is 9.90. The maximum atomic E-state index is 15.1. The number of carbonyl (C=O) groups excluding carboxylic acids is 1. The second-order valence-electron chi connectivity index (χ2n) is 8.61. The summed E-state index contributed by atoms with van der Waals surface area (Å²) in [5, 5.41) is 12.1. The molecule has 2 atom stereocenters. The number of aromatic nitrogens is 4. The molecule has 0 radical (unpaired) electrons. The second kappa shape index (κ2) is 9.09. The number of carbonyl (C=O) groups is 1. The second-order valence-corrected chi connectivity index (χ2v) is 9.64. The van der Waals surface area contributed by atoms with Gasteiger partial charge >= 0.3 is 0 Å². The summed E-state index contributed by atoms with van der Waals surface area (Å²) in [6, 6.07) is 7.65. The number of rotatable bonds is 5. The highest BCUT2D eigenvalue weighted by molar-refractivity contribution is 7.22. The van der Waals surface area contributed by atoms with Crippen LogP contribution in [0.5, 0.6) is 0 Å². The van der Waals surface area contributed by atoms with E-state index in [2.05, 4.69) is 27.4 Å². The highest BCUT2D eigenvalue weighted by Crippen LogP contribution is 2.30. The zero-order chi connectivity index (χ0) is 23.8. The summed E-state index contributed by atoms with van der Waals surface area (Å²) in [5.41, 5.74) is 1.44. The highest BCUT2D eigenvalue weighted by atomic mass is 32.1. The normalized spacial score (nSPS) is 18.4. The number of aryl methyl sites for hydroxylation is 1. The van der Waals surface area contributed by atoms with Gasteiger partial charge in [-0.15, -0.1) is 4.80 Å². The van der Waals surface area contributed by atoms with E-state index in [4.69, 9.17) is 0 Å². The molecular weight excluding hydrogens is 458 g/mol. The number of amides is 1. The summed E-state index contributed by atoms with van der Waals surface area (Å²) in [6.07, 6.45) is 4.76. The van der Waals surface area contributed by atoms with E-state index in [0.29, 0.717) is 23.8 Å². The lowest BCUT2D eigenvalue weighted by Crippen LogP contribution is -2.51. The minimum Gasteiger partial charge on any atom is -0.359 e. The summed E-state index contributed by atoms with van der Waals surface area (Å²) in [6.45, 7) is 4.82. The van der Waals surface area contributed by atoms with E-state index in [1.807, 2.05) is 4.90 Å². The lowest BCUT2D eigenvalue weighted by molar-refractivity contribution is 0.0539. The quantitative estimate of drug-likeness (QED) is 0.442. The van der Waals surface area contributed by atoms with Crippen LogP contribution in [0, 0.1) is 24.5 Å². The molecule has 10 heteroatoms. The van der Waals surface area contributed by atoms with Crippen LogP contribution in [0.15, 0.2) is 42.7 Å². The zero-order valence-corrected chi connectivity index (χ0v) is 19.6. The molecule has 0 unspecified atom stereocenters. The molecule has 0 spiro atoms. The molecule has 0 saturated carbocycles. The number of benzene rings is 2. The Kier molecular flexibility index (Phi) is 5.99. The van der Waals surface area contributed by atoms with Gasteiger partial charge in [0.1, 0.15) is 11.5 Å². The van der Waals surface area contributed by atoms with Crippen LogP contribution < -0.4 is 5.32 Å². The summed E-state index contributed by atoms with van der Waals surface area (Å²) in [4.78, 5) is 21.2. The first-order valence-corrected chi connectivity index (χ1v) is 12.0. The molecule has 1 aliphatic rings. The largest absolute Gasteiger partial charge is 0.359 e. The fourth-order valence-electron chi connectivity index (χ4n) is 4.50. The molecule has 0 aliphatic carbocycles. The third-order valence-electron chi connectivity index (χ3n) is 6.35. The van der Waals surface area contributed by atoms with Gasteiger partial charge in [-0.3, -0.25) is 4.79 Å². The predicted octanol–water partition coefficient (Wildman–Crippen LogP) is 4.82. The van der Waals surface area contributed by atoms with Crippen LogP contribution in [-0.4, -0.2) is 49.9 Å². The summed E-state index contributed by atoms with van der Waals surface area (Å²) in [5.74, 6) is -0.828. The molecule has 1 N–H and O–H groups in total. The maximum Gasteiger partial charge on any atom is 0.256 e. The number of piperidine rings is 1. The fraction of sp³-hybridized carbons (Fsp3) is 0.333. The van der Waals surface area contributed by atoms with E-state index in [1.54, 1.807) is 25.1 Å². The van der Waals surface area contributed by atoms with Crippen LogP contribution in [0.25, 0.3) is 15.9 Å². The van der Waals surface area contributed by atoms with Gasteiger partial charge in [0.15, 0.2) is 10.9 Å². The van der Waals surface area contributed by atoms with Gasteiger partial charge in [0.05, 0.1) is 34.2 Å². The average Bonchev–Trinajstić information content (AvgIpc) is 3.49. The number of fused-ring (bicyclic) bond motifs is 1. The van der Waals surface area contributed by atoms with Crippen molar-refractivity contribution >= 4 is 32.6 Å². The van der Waals surface area contributed by atoms with Crippen molar-refractivity contribution in [3.8, 4) is 5.69 Å². The molecule has 1 fully saturated rings. The Morgan fingerprint density at radius 2 is 2.00 bits per heavy atom.